The molecule has 2 rings (SSSR count). The van der Waals surface area contributed by atoms with Gasteiger partial charge in [-0.3, -0.25) is 4.68 Å². The Bertz CT molecular complexity index is 513. The molecular formula is C12H18N4S. The molecule has 0 aliphatic carbocycles. The predicted molar refractivity (Wildman–Crippen MR) is 71.5 cm³/mol. The molecule has 0 fully saturated rings. The number of aromatic nitrogens is 3. The van der Waals surface area contributed by atoms with Crippen LogP contribution < -0.4 is 5.32 Å². The van der Waals surface area contributed by atoms with Crippen LogP contribution >= 0.6 is 11.3 Å². The zero-order valence-electron chi connectivity index (χ0n) is 10.7. The van der Waals surface area contributed by atoms with Crippen LogP contribution in [0.3, 0.4) is 0 Å². The summed E-state index contributed by atoms with van der Waals surface area (Å²) >= 11 is 1.75. The first-order chi connectivity index (χ1) is 8.10. The van der Waals surface area contributed by atoms with Gasteiger partial charge in [-0.25, -0.2) is 4.98 Å². The van der Waals surface area contributed by atoms with Crippen LogP contribution in [-0.2, 0) is 20.0 Å². The Balaban J connectivity index is 2.09. The van der Waals surface area contributed by atoms with Gasteiger partial charge in [0.2, 0.25) is 0 Å². The van der Waals surface area contributed by atoms with Crippen LogP contribution in [-0.4, -0.2) is 14.8 Å². The molecule has 0 unspecified atom stereocenters. The van der Waals surface area contributed by atoms with Gasteiger partial charge in [-0.05, 0) is 20.3 Å². The summed E-state index contributed by atoms with van der Waals surface area (Å²) in [7, 11) is 1.95. The van der Waals surface area contributed by atoms with E-state index in [0.29, 0.717) is 0 Å². The van der Waals surface area contributed by atoms with E-state index in [0.717, 1.165) is 35.0 Å². The number of hydrogen-bond donors (Lipinski definition) is 1. The Labute approximate surface area is 106 Å². The first kappa shape index (κ1) is 12.1. The van der Waals surface area contributed by atoms with Gasteiger partial charge in [0.05, 0.1) is 28.6 Å². The maximum Gasteiger partial charge on any atom is 0.0900 e. The maximum atomic E-state index is 4.43. The first-order valence-corrected chi connectivity index (χ1v) is 6.61. The van der Waals surface area contributed by atoms with Crippen LogP contribution in [0.4, 0.5) is 5.69 Å². The molecule has 0 spiro atoms. The summed E-state index contributed by atoms with van der Waals surface area (Å²) in [6.45, 7) is 7.05. The summed E-state index contributed by atoms with van der Waals surface area (Å²) < 4.78 is 1.85. The summed E-state index contributed by atoms with van der Waals surface area (Å²) in [6.07, 6.45) is 2.98. The van der Waals surface area contributed by atoms with Crippen molar-refractivity contribution in [3.8, 4) is 0 Å². The third-order valence-corrected chi connectivity index (χ3v) is 3.75. The van der Waals surface area contributed by atoms with E-state index in [1.54, 1.807) is 11.3 Å². The smallest absolute Gasteiger partial charge is 0.0900 e. The lowest BCUT2D eigenvalue weighted by molar-refractivity contribution is 0.746. The van der Waals surface area contributed by atoms with E-state index in [9.17, 15) is 0 Å². The van der Waals surface area contributed by atoms with Crippen LogP contribution in [0, 0.1) is 13.8 Å². The Kier molecular flexibility index (Phi) is 3.47. The molecule has 0 amide bonds. The molecule has 1 N–H and O–H groups in total. The molecule has 0 bridgehead atoms. The predicted octanol–water partition coefficient (Wildman–Crippen LogP) is 2.67. The zero-order chi connectivity index (χ0) is 12.4. The van der Waals surface area contributed by atoms with Crippen molar-refractivity contribution < 1.29 is 0 Å². The second-order valence-electron chi connectivity index (χ2n) is 4.11. The van der Waals surface area contributed by atoms with Gasteiger partial charge < -0.3 is 5.32 Å². The third kappa shape index (κ3) is 2.66. The van der Waals surface area contributed by atoms with E-state index in [1.165, 1.54) is 4.88 Å². The van der Waals surface area contributed by atoms with Gasteiger partial charge in [0.1, 0.15) is 0 Å². The maximum absolute atomic E-state index is 4.43. The van der Waals surface area contributed by atoms with Gasteiger partial charge in [-0.15, -0.1) is 11.3 Å². The molecule has 0 radical (unpaired) electrons. The fourth-order valence-electron chi connectivity index (χ4n) is 1.86. The van der Waals surface area contributed by atoms with E-state index in [-0.39, 0.29) is 0 Å². The largest absolute Gasteiger partial charge is 0.377 e. The van der Waals surface area contributed by atoms with Crippen molar-refractivity contribution in [3.05, 3.63) is 27.5 Å². The Morgan fingerprint density at radius 2 is 2.18 bits per heavy atom. The Morgan fingerprint density at radius 3 is 2.76 bits per heavy atom. The Morgan fingerprint density at radius 1 is 1.41 bits per heavy atom. The van der Waals surface area contributed by atoms with Gasteiger partial charge in [0.15, 0.2) is 0 Å². The van der Waals surface area contributed by atoms with Crippen LogP contribution in [0.15, 0.2) is 6.20 Å². The number of nitrogens with zero attached hydrogens (tertiary/aromatic N) is 3. The highest BCUT2D eigenvalue weighted by Crippen LogP contribution is 2.20. The van der Waals surface area contributed by atoms with Gasteiger partial charge in [0, 0.05) is 18.1 Å². The molecule has 0 atom stereocenters. The average molecular weight is 250 g/mol. The molecule has 0 saturated carbocycles. The normalized spacial score (nSPS) is 10.8. The first-order valence-electron chi connectivity index (χ1n) is 5.79. The highest BCUT2D eigenvalue weighted by atomic mass is 32.1. The average Bonchev–Trinajstić information content (AvgIpc) is 2.78. The van der Waals surface area contributed by atoms with Crippen molar-refractivity contribution in [2.75, 3.05) is 5.32 Å². The van der Waals surface area contributed by atoms with Crippen LogP contribution in [0.5, 0.6) is 0 Å². The lowest BCUT2D eigenvalue weighted by Gasteiger charge is -2.03. The number of rotatable bonds is 4. The minimum atomic E-state index is 0.829. The van der Waals surface area contributed by atoms with Gasteiger partial charge >= 0.3 is 0 Å². The van der Waals surface area contributed by atoms with Gasteiger partial charge in [0.25, 0.3) is 0 Å². The summed E-state index contributed by atoms with van der Waals surface area (Å²) in [5.74, 6) is 0. The molecule has 2 aromatic rings. The standard InChI is InChI=1S/C12H18N4S/c1-5-10-11(7-16(4)15-10)13-6-12-8(2)14-9(3)17-12/h7,13H,5-6H2,1-4H3. The molecule has 5 heteroatoms. The molecule has 92 valence electrons. The van der Waals surface area contributed by atoms with E-state index in [2.05, 4.69) is 29.2 Å². The number of aryl methyl sites for hydroxylation is 4. The molecule has 0 aliphatic rings. The van der Waals surface area contributed by atoms with Gasteiger partial charge in [-0.1, -0.05) is 6.92 Å². The summed E-state index contributed by atoms with van der Waals surface area (Å²) in [6, 6.07) is 0. The van der Waals surface area contributed by atoms with Crippen LogP contribution in [0.25, 0.3) is 0 Å². The highest BCUT2D eigenvalue weighted by molar-refractivity contribution is 7.11. The van der Waals surface area contributed by atoms with E-state index in [1.807, 2.05) is 24.9 Å². The monoisotopic (exact) mass is 250 g/mol. The molecule has 2 heterocycles. The second kappa shape index (κ2) is 4.87. The van der Waals surface area contributed by atoms with Crippen molar-refractivity contribution >= 4 is 17.0 Å². The van der Waals surface area contributed by atoms with E-state index < -0.39 is 0 Å². The molecule has 4 nitrogen and oxygen atoms in total. The van der Waals surface area contributed by atoms with Gasteiger partial charge in [-0.2, -0.15) is 5.10 Å². The lowest BCUT2D eigenvalue weighted by Crippen LogP contribution is -2.00. The van der Waals surface area contributed by atoms with Crippen molar-refractivity contribution in [1.82, 2.24) is 14.8 Å². The molecule has 0 aliphatic heterocycles. The number of nitrogens with one attached hydrogen (secondary N) is 1. The van der Waals surface area contributed by atoms with Crippen molar-refractivity contribution in [3.63, 3.8) is 0 Å². The number of anilines is 1. The summed E-state index contributed by atoms with van der Waals surface area (Å²) in [5.41, 5.74) is 3.37. The fraction of sp³-hybridized carbons (Fsp3) is 0.500. The highest BCUT2D eigenvalue weighted by Gasteiger charge is 2.08. The molecule has 2 aromatic heterocycles. The topological polar surface area (TPSA) is 42.7 Å². The molecule has 17 heavy (non-hydrogen) atoms. The van der Waals surface area contributed by atoms with Crippen LogP contribution in [0.1, 0.15) is 28.2 Å². The minimum absolute atomic E-state index is 0.829. The summed E-state index contributed by atoms with van der Waals surface area (Å²) in [4.78, 5) is 5.73. The zero-order valence-corrected chi connectivity index (χ0v) is 11.6. The molecule has 0 aromatic carbocycles. The van der Waals surface area contributed by atoms with Crippen LogP contribution in [0.2, 0.25) is 0 Å². The summed E-state index contributed by atoms with van der Waals surface area (Å²) in [5, 5.41) is 8.98. The lowest BCUT2D eigenvalue weighted by atomic mass is 10.3. The molecule has 0 saturated heterocycles. The van der Waals surface area contributed by atoms with E-state index >= 15 is 0 Å². The number of thiazole rings is 1. The number of hydrogen-bond acceptors (Lipinski definition) is 4. The van der Waals surface area contributed by atoms with Crippen molar-refractivity contribution in [2.24, 2.45) is 7.05 Å². The van der Waals surface area contributed by atoms with Crippen molar-refractivity contribution in [1.29, 1.82) is 0 Å². The fourth-order valence-corrected chi connectivity index (χ4v) is 2.73. The van der Waals surface area contributed by atoms with E-state index in [4.69, 9.17) is 0 Å². The molecular weight excluding hydrogens is 232 g/mol. The minimum Gasteiger partial charge on any atom is -0.377 e. The third-order valence-electron chi connectivity index (χ3n) is 2.68. The SMILES string of the molecule is CCc1nn(C)cc1NCc1sc(C)nc1C. The quantitative estimate of drug-likeness (QED) is 0.907. The Hall–Kier alpha value is -1.36. The van der Waals surface area contributed by atoms with Crippen molar-refractivity contribution in [2.45, 2.75) is 33.7 Å². The second-order valence-corrected chi connectivity index (χ2v) is 5.40.